The number of rotatable bonds is 6. The third-order valence-electron chi connectivity index (χ3n) is 4.72. The zero-order valence-corrected chi connectivity index (χ0v) is 18.0. The van der Waals surface area contributed by atoms with Gasteiger partial charge in [-0.25, -0.2) is 4.98 Å². The van der Waals surface area contributed by atoms with Crippen LogP contribution in [0.3, 0.4) is 0 Å². The topological polar surface area (TPSA) is 84.4 Å². The molecule has 4 aromatic rings. The summed E-state index contributed by atoms with van der Waals surface area (Å²) in [5.74, 6) is 2.12. The van der Waals surface area contributed by atoms with Gasteiger partial charge in [-0.05, 0) is 19.1 Å². The Morgan fingerprint density at radius 3 is 2.13 bits per heavy atom. The normalized spacial score (nSPS) is 10.8. The van der Waals surface area contributed by atoms with Crippen molar-refractivity contribution in [3.63, 3.8) is 0 Å². The Hall–Kier alpha value is -3.52. The lowest BCUT2D eigenvalue weighted by Gasteiger charge is -2.13. The summed E-state index contributed by atoms with van der Waals surface area (Å²) < 4.78 is 17.9. The number of ether oxygens (including phenoxy) is 3. The number of benzene rings is 2. The maximum absolute atomic E-state index is 6.26. The largest absolute Gasteiger partial charge is 0.493 e. The van der Waals surface area contributed by atoms with Gasteiger partial charge in [0.25, 0.3) is 0 Å². The highest BCUT2D eigenvalue weighted by atomic mass is 32.1. The third kappa shape index (κ3) is 3.57. The van der Waals surface area contributed by atoms with Gasteiger partial charge >= 0.3 is 0 Å². The number of hydrogen-bond donors (Lipinski definition) is 1. The van der Waals surface area contributed by atoms with E-state index in [1.54, 1.807) is 32.1 Å². The minimum Gasteiger partial charge on any atom is -0.493 e. The summed E-state index contributed by atoms with van der Waals surface area (Å²) in [4.78, 5) is 4.71. The molecule has 0 fully saturated rings. The van der Waals surface area contributed by atoms with Crippen molar-refractivity contribution in [2.75, 3.05) is 27.1 Å². The summed E-state index contributed by atoms with van der Waals surface area (Å²) >= 11 is 1.49. The van der Waals surface area contributed by atoms with Crippen molar-refractivity contribution in [2.24, 2.45) is 0 Å². The first-order chi connectivity index (χ1) is 14.5. The fourth-order valence-electron chi connectivity index (χ4n) is 3.14. The molecule has 0 aliphatic heterocycles. The number of thiazole rings is 1. The van der Waals surface area contributed by atoms with E-state index in [1.165, 1.54) is 16.9 Å². The van der Waals surface area contributed by atoms with Crippen LogP contribution in [0.25, 0.3) is 27.6 Å². The molecule has 30 heavy (non-hydrogen) atoms. The van der Waals surface area contributed by atoms with Crippen molar-refractivity contribution in [3.8, 4) is 44.9 Å². The van der Waals surface area contributed by atoms with Gasteiger partial charge in [-0.15, -0.1) is 11.3 Å². The Morgan fingerprint density at radius 2 is 1.53 bits per heavy atom. The maximum atomic E-state index is 6.26. The molecule has 2 heterocycles. The molecule has 0 saturated heterocycles. The van der Waals surface area contributed by atoms with Crippen LogP contribution in [0.15, 0.2) is 47.8 Å². The number of hydrogen-bond acceptors (Lipinski definition) is 7. The molecule has 0 radical (unpaired) electrons. The number of nitrogens with zero attached hydrogens (tertiary/aromatic N) is 3. The van der Waals surface area contributed by atoms with Gasteiger partial charge in [-0.1, -0.05) is 29.8 Å². The quantitative estimate of drug-likeness (QED) is 0.490. The Labute approximate surface area is 178 Å². The first kappa shape index (κ1) is 19.8. The van der Waals surface area contributed by atoms with Gasteiger partial charge in [0.2, 0.25) is 10.9 Å². The average molecular weight is 423 g/mol. The maximum Gasteiger partial charge on any atom is 0.212 e. The highest BCUT2D eigenvalue weighted by Crippen LogP contribution is 2.41. The van der Waals surface area contributed by atoms with Crippen molar-refractivity contribution in [1.82, 2.24) is 14.8 Å². The van der Waals surface area contributed by atoms with Crippen LogP contribution in [0.4, 0.5) is 5.82 Å². The molecule has 0 bridgehead atoms. The zero-order valence-electron chi connectivity index (χ0n) is 17.2. The van der Waals surface area contributed by atoms with Gasteiger partial charge in [0.15, 0.2) is 11.5 Å². The molecule has 0 amide bonds. The SMILES string of the molecule is COc1cc(-c2cc(N)n(-c3nc(-c4ccc(C)cc4)cs3)n2)cc(OC)c1OC. The van der Waals surface area contributed by atoms with E-state index < -0.39 is 0 Å². The molecule has 0 spiro atoms. The smallest absolute Gasteiger partial charge is 0.212 e. The monoisotopic (exact) mass is 422 g/mol. The molecular weight excluding hydrogens is 400 g/mol. The second kappa shape index (κ2) is 8.08. The molecule has 0 saturated carbocycles. The minimum absolute atomic E-state index is 0.489. The molecule has 4 rings (SSSR count). The fraction of sp³-hybridized carbons (Fsp3) is 0.182. The standard InChI is InChI=1S/C22H22N4O3S/c1-13-5-7-14(8-6-13)17-12-30-22(24-17)26-20(23)11-16(25-26)15-9-18(27-2)21(29-4)19(10-15)28-3/h5-12H,23H2,1-4H3. The van der Waals surface area contributed by atoms with Gasteiger partial charge in [-0.3, -0.25) is 0 Å². The number of methoxy groups -OCH3 is 3. The van der Waals surface area contributed by atoms with Gasteiger partial charge < -0.3 is 19.9 Å². The minimum atomic E-state index is 0.489. The van der Waals surface area contributed by atoms with Crippen LogP contribution in [-0.2, 0) is 0 Å². The first-order valence-corrected chi connectivity index (χ1v) is 10.1. The Bertz CT molecular complexity index is 1160. The average Bonchev–Trinajstić information content (AvgIpc) is 3.40. The summed E-state index contributed by atoms with van der Waals surface area (Å²) in [5.41, 5.74) is 10.9. The van der Waals surface area contributed by atoms with E-state index >= 15 is 0 Å². The molecule has 0 unspecified atom stereocenters. The molecule has 154 valence electrons. The molecule has 2 N–H and O–H groups in total. The number of nitrogens with two attached hydrogens (primary N) is 1. The van der Waals surface area contributed by atoms with Crippen LogP contribution in [0.2, 0.25) is 0 Å². The molecule has 7 nitrogen and oxygen atoms in total. The lowest BCUT2D eigenvalue weighted by molar-refractivity contribution is 0.324. The molecule has 0 atom stereocenters. The number of aromatic nitrogens is 3. The summed E-state index contributed by atoms with van der Waals surface area (Å²) in [6.45, 7) is 2.06. The molecule has 0 aliphatic rings. The summed E-state index contributed by atoms with van der Waals surface area (Å²) in [7, 11) is 4.73. The predicted octanol–water partition coefficient (Wildman–Crippen LogP) is 4.58. The van der Waals surface area contributed by atoms with E-state index in [0.29, 0.717) is 33.9 Å². The third-order valence-corrected chi connectivity index (χ3v) is 5.53. The fourth-order valence-corrected chi connectivity index (χ4v) is 3.94. The van der Waals surface area contributed by atoms with E-state index in [9.17, 15) is 0 Å². The van der Waals surface area contributed by atoms with Crippen molar-refractivity contribution in [1.29, 1.82) is 0 Å². The Morgan fingerprint density at radius 1 is 0.867 bits per heavy atom. The van der Waals surface area contributed by atoms with Crippen LogP contribution >= 0.6 is 11.3 Å². The van der Waals surface area contributed by atoms with E-state index in [-0.39, 0.29) is 0 Å². The van der Waals surface area contributed by atoms with Crippen LogP contribution in [0, 0.1) is 6.92 Å². The van der Waals surface area contributed by atoms with Crippen LogP contribution in [-0.4, -0.2) is 36.1 Å². The van der Waals surface area contributed by atoms with Crippen LogP contribution < -0.4 is 19.9 Å². The second-order valence-corrected chi connectivity index (χ2v) is 7.50. The van der Waals surface area contributed by atoms with Gasteiger partial charge in [-0.2, -0.15) is 9.78 Å². The van der Waals surface area contributed by atoms with Crippen molar-refractivity contribution in [2.45, 2.75) is 6.92 Å². The van der Waals surface area contributed by atoms with Crippen LogP contribution in [0.5, 0.6) is 17.2 Å². The summed E-state index contributed by atoms with van der Waals surface area (Å²) in [6.07, 6.45) is 0. The molecule has 8 heteroatoms. The lowest BCUT2D eigenvalue weighted by Crippen LogP contribution is -2.01. The van der Waals surface area contributed by atoms with E-state index in [4.69, 9.17) is 24.9 Å². The van der Waals surface area contributed by atoms with Crippen molar-refractivity contribution >= 4 is 17.2 Å². The molecule has 2 aromatic heterocycles. The Balaban J connectivity index is 1.72. The second-order valence-electron chi connectivity index (χ2n) is 6.66. The van der Waals surface area contributed by atoms with Crippen molar-refractivity contribution in [3.05, 3.63) is 53.4 Å². The summed E-state index contributed by atoms with van der Waals surface area (Å²) in [6, 6.07) is 13.7. The predicted molar refractivity (Wildman–Crippen MR) is 119 cm³/mol. The van der Waals surface area contributed by atoms with E-state index in [1.807, 2.05) is 17.5 Å². The molecule has 2 aromatic carbocycles. The highest BCUT2D eigenvalue weighted by Gasteiger charge is 2.18. The zero-order chi connectivity index (χ0) is 21.3. The molecular formula is C22H22N4O3S. The van der Waals surface area contributed by atoms with Gasteiger partial charge in [0, 0.05) is 22.6 Å². The lowest BCUT2D eigenvalue weighted by atomic mass is 10.1. The van der Waals surface area contributed by atoms with Crippen molar-refractivity contribution < 1.29 is 14.2 Å². The molecule has 0 aliphatic carbocycles. The number of anilines is 1. The van der Waals surface area contributed by atoms with E-state index in [0.717, 1.165) is 16.8 Å². The van der Waals surface area contributed by atoms with E-state index in [2.05, 4.69) is 36.3 Å². The van der Waals surface area contributed by atoms with Gasteiger partial charge in [0.1, 0.15) is 5.82 Å². The number of nitrogen functional groups attached to an aromatic ring is 1. The first-order valence-electron chi connectivity index (χ1n) is 9.23. The van der Waals surface area contributed by atoms with Crippen LogP contribution in [0.1, 0.15) is 5.56 Å². The summed E-state index contributed by atoms with van der Waals surface area (Å²) in [5, 5.41) is 7.36. The number of aryl methyl sites for hydroxylation is 1. The highest BCUT2D eigenvalue weighted by molar-refractivity contribution is 7.12. The van der Waals surface area contributed by atoms with Gasteiger partial charge in [0.05, 0.1) is 32.7 Å². The Kier molecular flexibility index (Phi) is 5.33.